The van der Waals surface area contributed by atoms with E-state index in [4.69, 9.17) is 0 Å². The highest BCUT2D eigenvalue weighted by atomic mass is 32.1. The van der Waals surface area contributed by atoms with Crippen LogP contribution in [0.1, 0.15) is 10.7 Å². The van der Waals surface area contributed by atoms with Gasteiger partial charge in [0.25, 0.3) is 0 Å². The minimum Gasteiger partial charge on any atom is -0.432 e. The fourth-order valence-electron chi connectivity index (χ4n) is 1.59. The van der Waals surface area contributed by atoms with Gasteiger partial charge in [-0.05, 0) is 19.1 Å². The van der Waals surface area contributed by atoms with Crippen molar-refractivity contribution in [3.05, 3.63) is 40.1 Å². The van der Waals surface area contributed by atoms with Crippen LogP contribution in [0.3, 0.4) is 0 Å². The molecule has 0 radical (unpaired) electrons. The number of amides is 2. The zero-order chi connectivity index (χ0) is 16.1. The standard InChI is InChI=1S/C13H12F3N3O2S/c1-7-6-22-11(18-7)5-17-13(20)19-8-2-3-10(9(14)4-8)21-12(15)16/h2-4,6,12H,5H2,1H3,(H2,17,19,20). The third-order valence-electron chi connectivity index (χ3n) is 2.47. The highest BCUT2D eigenvalue weighted by Gasteiger charge is 2.11. The third-order valence-corrected chi connectivity index (χ3v) is 3.44. The number of hydrogen-bond acceptors (Lipinski definition) is 4. The van der Waals surface area contributed by atoms with Gasteiger partial charge in [0, 0.05) is 22.8 Å². The highest BCUT2D eigenvalue weighted by Crippen LogP contribution is 2.22. The summed E-state index contributed by atoms with van der Waals surface area (Å²) in [4.78, 5) is 15.8. The van der Waals surface area contributed by atoms with Crippen LogP contribution in [0.2, 0.25) is 0 Å². The molecule has 1 aromatic carbocycles. The average molecular weight is 331 g/mol. The number of benzene rings is 1. The summed E-state index contributed by atoms with van der Waals surface area (Å²) in [7, 11) is 0. The van der Waals surface area contributed by atoms with E-state index in [1.807, 2.05) is 12.3 Å². The number of alkyl halides is 2. The van der Waals surface area contributed by atoms with E-state index in [-0.39, 0.29) is 12.2 Å². The number of hydrogen-bond donors (Lipinski definition) is 2. The number of aromatic nitrogens is 1. The van der Waals surface area contributed by atoms with Crippen LogP contribution in [0.25, 0.3) is 0 Å². The zero-order valence-corrected chi connectivity index (χ0v) is 12.2. The van der Waals surface area contributed by atoms with Gasteiger partial charge in [-0.1, -0.05) is 0 Å². The van der Waals surface area contributed by atoms with Crippen molar-refractivity contribution >= 4 is 23.1 Å². The van der Waals surface area contributed by atoms with Crippen molar-refractivity contribution in [2.24, 2.45) is 0 Å². The Morgan fingerprint density at radius 1 is 1.45 bits per heavy atom. The van der Waals surface area contributed by atoms with Gasteiger partial charge in [-0.15, -0.1) is 11.3 Å². The monoisotopic (exact) mass is 331 g/mol. The van der Waals surface area contributed by atoms with E-state index >= 15 is 0 Å². The van der Waals surface area contributed by atoms with Gasteiger partial charge in [0.15, 0.2) is 11.6 Å². The molecule has 0 saturated heterocycles. The van der Waals surface area contributed by atoms with Crippen LogP contribution in [0, 0.1) is 12.7 Å². The SMILES string of the molecule is Cc1csc(CNC(=O)Nc2ccc(OC(F)F)c(F)c2)n1. The summed E-state index contributed by atoms with van der Waals surface area (Å²) in [5, 5.41) is 7.52. The molecule has 1 heterocycles. The second-order valence-corrected chi connectivity index (χ2v) is 5.16. The molecule has 0 aliphatic carbocycles. The summed E-state index contributed by atoms with van der Waals surface area (Å²) in [5.41, 5.74) is 0.978. The molecule has 2 N–H and O–H groups in total. The van der Waals surface area contributed by atoms with E-state index in [0.29, 0.717) is 0 Å². The van der Waals surface area contributed by atoms with E-state index in [1.54, 1.807) is 0 Å². The summed E-state index contributed by atoms with van der Waals surface area (Å²) < 4.78 is 41.4. The van der Waals surface area contributed by atoms with Gasteiger partial charge < -0.3 is 15.4 Å². The Morgan fingerprint density at radius 3 is 2.82 bits per heavy atom. The lowest BCUT2D eigenvalue weighted by Crippen LogP contribution is -2.28. The van der Waals surface area contributed by atoms with Crippen LogP contribution in [0.5, 0.6) is 5.75 Å². The molecule has 22 heavy (non-hydrogen) atoms. The maximum Gasteiger partial charge on any atom is 0.387 e. The van der Waals surface area contributed by atoms with Crippen molar-refractivity contribution in [3.8, 4) is 5.75 Å². The first-order valence-corrected chi connectivity index (χ1v) is 7.02. The minimum atomic E-state index is -3.11. The van der Waals surface area contributed by atoms with Crippen molar-refractivity contribution in [1.82, 2.24) is 10.3 Å². The van der Waals surface area contributed by atoms with E-state index in [0.717, 1.165) is 22.8 Å². The van der Waals surface area contributed by atoms with Crippen molar-refractivity contribution in [1.29, 1.82) is 0 Å². The Labute approximate surface area is 128 Å². The van der Waals surface area contributed by atoms with Gasteiger partial charge in [-0.2, -0.15) is 8.78 Å². The summed E-state index contributed by atoms with van der Waals surface area (Å²) in [6, 6.07) is 2.61. The average Bonchev–Trinajstić information content (AvgIpc) is 2.85. The number of carbonyl (C=O) groups is 1. The number of thiazole rings is 1. The molecular formula is C13H12F3N3O2S. The van der Waals surface area contributed by atoms with Crippen LogP contribution in [0.15, 0.2) is 23.6 Å². The number of rotatable bonds is 5. The smallest absolute Gasteiger partial charge is 0.387 e. The predicted octanol–water partition coefficient (Wildman–Crippen LogP) is 3.51. The molecule has 0 aliphatic heterocycles. The molecular weight excluding hydrogens is 319 g/mol. The Balaban J connectivity index is 1.89. The minimum absolute atomic E-state index is 0.118. The first-order chi connectivity index (χ1) is 10.4. The lowest BCUT2D eigenvalue weighted by atomic mass is 10.3. The lowest BCUT2D eigenvalue weighted by molar-refractivity contribution is -0.0521. The van der Waals surface area contributed by atoms with Gasteiger partial charge in [-0.25, -0.2) is 14.2 Å². The Hall–Kier alpha value is -2.29. The number of urea groups is 1. The second kappa shape index (κ2) is 7.12. The first-order valence-electron chi connectivity index (χ1n) is 6.14. The van der Waals surface area contributed by atoms with Crippen LogP contribution in [-0.4, -0.2) is 17.6 Å². The first kappa shape index (κ1) is 16.1. The molecule has 9 heteroatoms. The molecule has 0 unspecified atom stereocenters. The van der Waals surface area contributed by atoms with Crippen LogP contribution in [-0.2, 0) is 6.54 Å². The summed E-state index contributed by atoms with van der Waals surface area (Å²) in [6.45, 7) is -1.04. The predicted molar refractivity (Wildman–Crippen MR) is 75.7 cm³/mol. The number of carbonyl (C=O) groups excluding carboxylic acids is 1. The fourth-order valence-corrected chi connectivity index (χ4v) is 2.30. The molecule has 0 atom stereocenters. The number of aryl methyl sites for hydroxylation is 1. The van der Waals surface area contributed by atoms with Crippen LogP contribution >= 0.6 is 11.3 Å². The molecule has 2 rings (SSSR count). The third kappa shape index (κ3) is 4.62. The van der Waals surface area contributed by atoms with Crippen molar-refractivity contribution in [3.63, 3.8) is 0 Å². The number of nitrogens with one attached hydrogen (secondary N) is 2. The molecule has 0 fully saturated rings. The Kier molecular flexibility index (Phi) is 5.21. The molecule has 0 aliphatic rings. The van der Waals surface area contributed by atoms with Gasteiger partial charge in [0.1, 0.15) is 5.01 Å². The Bertz CT molecular complexity index is 664. The number of halogens is 3. The summed E-state index contributed by atoms with van der Waals surface area (Å²) in [5.74, 6) is -1.58. The van der Waals surface area contributed by atoms with Crippen LogP contribution in [0.4, 0.5) is 23.7 Å². The molecule has 2 aromatic rings. The van der Waals surface area contributed by atoms with Crippen molar-refractivity contribution in [2.45, 2.75) is 20.1 Å². The fraction of sp³-hybridized carbons (Fsp3) is 0.231. The number of anilines is 1. The molecule has 1 aromatic heterocycles. The number of nitrogens with zero attached hydrogens (tertiary/aromatic N) is 1. The molecule has 0 saturated carbocycles. The molecule has 0 bridgehead atoms. The quantitative estimate of drug-likeness (QED) is 0.881. The number of ether oxygens (including phenoxy) is 1. The maximum absolute atomic E-state index is 13.5. The van der Waals surface area contributed by atoms with Gasteiger partial charge >= 0.3 is 12.6 Å². The topological polar surface area (TPSA) is 63.2 Å². The molecule has 5 nitrogen and oxygen atoms in total. The maximum atomic E-state index is 13.5. The highest BCUT2D eigenvalue weighted by molar-refractivity contribution is 7.09. The van der Waals surface area contributed by atoms with Crippen LogP contribution < -0.4 is 15.4 Å². The van der Waals surface area contributed by atoms with Crippen molar-refractivity contribution < 1.29 is 22.7 Å². The zero-order valence-electron chi connectivity index (χ0n) is 11.4. The molecule has 2 amide bonds. The van der Waals surface area contributed by atoms with Gasteiger partial charge in [0.05, 0.1) is 6.54 Å². The van der Waals surface area contributed by atoms with E-state index in [2.05, 4.69) is 20.4 Å². The van der Waals surface area contributed by atoms with E-state index in [1.165, 1.54) is 17.4 Å². The molecule has 0 spiro atoms. The van der Waals surface area contributed by atoms with Crippen molar-refractivity contribution in [2.75, 3.05) is 5.32 Å². The second-order valence-electron chi connectivity index (χ2n) is 4.21. The van der Waals surface area contributed by atoms with E-state index < -0.39 is 24.2 Å². The van der Waals surface area contributed by atoms with Gasteiger partial charge in [-0.3, -0.25) is 0 Å². The lowest BCUT2D eigenvalue weighted by Gasteiger charge is -2.09. The largest absolute Gasteiger partial charge is 0.432 e. The van der Waals surface area contributed by atoms with E-state index in [9.17, 15) is 18.0 Å². The normalized spacial score (nSPS) is 10.6. The van der Waals surface area contributed by atoms with Gasteiger partial charge in [0.2, 0.25) is 0 Å². The summed E-state index contributed by atoms with van der Waals surface area (Å²) in [6.07, 6.45) is 0. The summed E-state index contributed by atoms with van der Waals surface area (Å²) >= 11 is 1.41. The Morgan fingerprint density at radius 2 is 2.23 bits per heavy atom. The molecule has 118 valence electrons.